The lowest BCUT2D eigenvalue weighted by Gasteiger charge is -2.62. The number of carbonyl (C=O) groups excluding carboxylic acids is 2. The second-order valence-corrected chi connectivity index (χ2v) is 14.5. The van der Waals surface area contributed by atoms with Crippen LogP contribution in [0.4, 0.5) is 0 Å². The van der Waals surface area contributed by atoms with Crippen molar-refractivity contribution in [3.05, 3.63) is 0 Å². The van der Waals surface area contributed by atoms with Gasteiger partial charge in [-0.25, -0.2) is 0 Å². The summed E-state index contributed by atoms with van der Waals surface area (Å²) < 4.78 is 6.25. The number of esters is 1. The highest BCUT2D eigenvalue weighted by molar-refractivity contribution is 5.79. The van der Waals surface area contributed by atoms with E-state index in [0.29, 0.717) is 48.3 Å². The minimum absolute atomic E-state index is 0.00769. The van der Waals surface area contributed by atoms with Crippen LogP contribution < -0.4 is 0 Å². The van der Waals surface area contributed by atoms with Gasteiger partial charge in [0.05, 0.1) is 6.10 Å². The number of nitrogens with zero attached hydrogens (tertiary/aromatic N) is 3. The number of likely N-dealkylation sites (tertiary alicyclic amines) is 1. The van der Waals surface area contributed by atoms with Crippen LogP contribution in [-0.2, 0) is 14.3 Å². The molecule has 7 nitrogen and oxygen atoms in total. The van der Waals surface area contributed by atoms with Crippen LogP contribution >= 0.6 is 0 Å². The molecule has 0 spiro atoms. The molecule has 4 aliphatic carbocycles. The van der Waals surface area contributed by atoms with Crippen molar-refractivity contribution in [3.8, 4) is 0 Å². The Bertz CT molecular complexity index is 911. The molecule has 38 heavy (non-hydrogen) atoms. The van der Waals surface area contributed by atoms with Crippen LogP contribution in [0.5, 0.6) is 0 Å². The highest BCUT2D eigenvalue weighted by Crippen LogP contribution is 2.67. The molecule has 0 aromatic heterocycles. The zero-order valence-corrected chi connectivity index (χ0v) is 24.2. The average Bonchev–Trinajstić information content (AvgIpc) is 3.17. The van der Waals surface area contributed by atoms with Gasteiger partial charge in [0, 0.05) is 76.5 Å². The van der Waals surface area contributed by atoms with Gasteiger partial charge in [-0.05, 0) is 81.1 Å². The summed E-state index contributed by atoms with van der Waals surface area (Å²) in [6, 6.07) is 0.519. The van der Waals surface area contributed by atoms with E-state index in [1.807, 2.05) is 0 Å². The lowest BCUT2D eigenvalue weighted by molar-refractivity contribution is -0.171. The molecule has 6 rings (SSSR count). The van der Waals surface area contributed by atoms with Gasteiger partial charge in [0.15, 0.2) is 0 Å². The van der Waals surface area contributed by atoms with Gasteiger partial charge in [0.2, 0.25) is 0 Å². The molecule has 6 fully saturated rings. The molecular weight excluding hydrogens is 478 g/mol. The molecule has 214 valence electrons. The van der Waals surface area contributed by atoms with E-state index in [2.05, 4.69) is 35.6 Å². The predicted octanol–water partition coefficient (Wildman–Crippen LogP) is 3.19. The molecule has 0 amide bonds. The standard InChI is InChI=1S/C31H51N3O4/c1-20(35)38-29-26(34-15-13-32(4)14-16-34)18-25-23-6-5-21-17-28(37)27(33-11-8-22(36)9-12-33)19-31(21,3)24(23)7-10-30(25,29)2/h21,23-29,37H,5-19H2,1-4H3/t21-,23+,24-,25-,26-,27-,28-,29-,30-,31-/m0/s1. The fraction of sp³-hybridized carbons (Fsp3) is 0.935. The SMILES string of the molecule is CC(=O)O[C@H]1[C@@H](N2CCN(C)CC2)C[C@H]2[C@@H]3CC[C@H]4C[C@H](O)[C@@H](N5CCC(=O)CC5)C[C@]4(C)[C@H]3CC[C@@]21C. The summed E-state index contributed by atoms with van der Waals surface area (Å²) in [4.78, 5) is 31.8. The summed E-state index contributed by atoms with van der Waals surface area (Å²) in [5.74, 6) is 2.77. The van der Waals surface area contributed by atoms with Gasteiger partial charge >= 0.3 is 5.97 Å². The van der Waals surface area contributed by atoms with E-state index in [9.17, 15) is 14.7 Å². The first-order valence-electron chi connectivity index (χ1n) is 15.6. The second-order valence-electron chi connectivity index (χ2n) is 14.5. The van der Waals surface area contributed by atoms with Crippen LogP contribution in [0, 0.1) is 34.5 Å². The summed E-state index contributed by atoms with van der Waals surface area (Å²) in [6.45, 7) is 12.5. The molecule has 1 N–H and O–H groups in total. The Kier molecular flexibility index (Phi) is 7.23. The lowest BCUT2D eigenvalue weighted by Crippen LogP contribution is -2.60. The number of hydrogen-bond acceptors (Lipinski definition) is 7. The largest absolute Gasteiger partial charge is 0.460 e. The van der Waals surface area contributed by atoms with E-state index in [-0.39, 0.29) is 35.0 Å². The third-order valence-corrected chi connectivity index (χ3v) is 12.7. The minimum atomic E-state index is -0.270. The number of aliphatic hydroxyl groups is 1. The first-order chi connectivity index (χ1) is 18.1. The van der Waals surface area contributed by atoms with E-state index in [1.54, 1.807) is 6.92 Å². The monoisotopic (exact) mass is 529 g/mol. The molecule has 7 heteroatoms. The Morgan fingerprint density at radius 2 is 1.58 bits per heavy atom. The number of fused-ring (bicyclic) bond motifs is 5. The average molecular weight is 530 g/mol. The third kappa shape index (κ3) is 4.48. The highest BCUT2D eigenvalue weighted by Gasteiger charge is 2.65. The summed E-state index contributed by atoms with van der Waals surface area (Å²) in [7, 11) is 2.20. The van der Waals surface area contributed by atoms with Gasteiger partial charge in [-0.1, -0.05) is 13.8 Å². The smallest absolute Gasteiger partial charge is 0.302 e. The Balaban J connectivity index is 1.25. The predicted molar refractivity (Wildman–Crippen MR) is 147 cm³/mol. The third-order valence-electron chi connectivity index (χ3n) is 12.7. The molecule has 10 atom stereocenters. The molecule has 2 saturated heterocycles. The highest BCUT2D eigenvalue weighted by atomic mass is 16.5. The molecule has 0 aromatic carbocycles. The Morgan fingerprint density at radius 3 is 2.26 bits per heavy atom. The summed E-state index contributed by atoms with van der Waals surface area (Å²) >= 11 is 0. The van der Waals surface area contributed by atoms with Crippen molar-refractivity contribution in [2.45, 2.75) is 103 Å². The fourth-order valence-electron chi connectivity index (χ4n) is 10.6. The summed E-state index contributed by atoms with van der Waals surface area (Å²) in [5, 5.41) is 11.3. The number of aliphatic hydroxyl groups excluding tert-OH is 1. The van der Waals surface area contributed by atoms with Gasteiger partial charge in [0.25, 0.3) is 0 Å². The molecular formula is C31H51N3O4. The normalized spacial score (nSPS) is 48.7. The Hall–Kier alpha value is -1.02. The van der Waals surface area contributed by atoms with Crippen molar-refractivity contribution in [2.24, 2.45) is 34.5 Å². The number of rotatable bonds is 3. The Labute approximate surface area is 229 Å². The lowest BCUT2D eigenvalue weighted by atomic mass is 9.44. The number of ketones is 1. The van der Waals surface area contributed by atoms with Crippen molar-refractivity contribution in [1.82, 2.24) is 14.7 Å². The minimum Gasteiger partial charge on any atom is -0.460 e. The van der Waals surface area contributed by atoms with Crippen molar-refractivity contribution in [1.29, 1.82) is 0 Å². The van der Waals surface area contributed by atoms with Gasteiger partial charge in [-0.2, -0.15) is 0 Å². The molecule has 4 saturated carbocycles. The molecule has 6 aliphatic rings. The molecule has 0 radical (unpaired) electrons. The van der Waals surface area contributed by atoms with Crippen LogP contribution in [-0.4, -0.2) is 102 Å². The molecule has 0 bridgehead atoms. The van der Waals surface area contributed by atoms with Crippen molar-refractivity contribution >= 4 is 11.8 Å². The van der Waals surface area contributed by atoms with Crippen molar-refractivity contribution < 1.29 is 19.4 Å². The van der Waals surface area contributed by atoms with Gasteiger partial charge < -0.3 is 14.7 Å². The first kappa shape index (κ1) is 27.2. The van der Waals surface area contributed by atoms with Crippen LogP contribution in [0.25, 0.3) is 0 Å². The number of piperazine rings is 1. The maximum Gasteiger partial charge on any atom is 0.302 e. The van der Waals surface area contributed by atoms with Crippen LogP contribution in [0.1, 0.15) is 78.6 Å². The second kappa shape index (κ2) is 10.1. The van der Waals surface area contributed by atoms with Crippen molar-refractivity contribution in [3.63, 3.8) is 0 Å². The Morgan fingerprint density at radius 1 is 0.895 bits per heavy atom. The summed E-state index contributed by atoms with van der Waals surface area (Å²) in [5.41, 5.74) is 0.281. The van der Waals surface area contributed by atoms with Crippen molar-refractivity contribution in [2.75, 3.05) is 46.3 Å². The zero-order valence-electron chi connectivity index (χ0n) is 24.2. The quantitative estimate of drug-likeness (QED) is 0.563. The molecule has 0 unspecified atom stereocenters. The number of Topliss-reactive ketones (excluding diaryl/α,β-unsaturated/α-hetero) is 1. The van der Waals surface area contributed by atoms with Gasteiger partial charge in [-0.3, -0.25) is 19.4 Å². The first-order valence-corrected chi connectivity index (χ1v) is 15.6. The number of hydrogen-bond donors (Lipinski definition) is 1. The van der Waals surface area contributed by atoms with Crippen LogP contribution in [0.2, 0.25) is 0 Å². The van der Waals surface area contributed by atoms with Gasteiger partial charge in [0.1, 0.15) is 11.9 Å². The molecule has 0 aromatic rings. The molecule has 2 aliphatic heterocycles. The topological polar surface area (TPSA) is 73.3 Å². The number of likely N-dealkylation sites (N-methyl/N-ethyl adjacent to an activating group) is 1. The van der Waals surface area contributed by atoms with E-state index in [0.717, 1.165) is 65.0 Å². The maximum absolute atomic E-state index is 12.4. The summed E-state index contributed by atoms with van der Waals surface area (Å²) in [6.07, 6.45) is 8.94. The maximum atomic E-state index is 12.4. The van der Waals surface area contributed by atoms with Gasteiger partial charge in [-0.15, -0.1) is 0 Å². The number of carbonyl (C=O) groups is 2. The van der Waals surface area contributed by atoms with E-state index >= 15 is 0 Å². The number of piperidine rings is 1. The van der Waals surface area contributed by atoms with Crippen LogP contribution in [0.15, 0.2) is 0 Å². The van der Waals surface area contributed by atoms with Crippen LogP contribution in [0.3, 0.4) is 0 Å². The number of ether oxygens (including phenoxy) is 1. The van der Waals surface area contributed by atoms with E-state index in [4.69, 9.17) is 4.74 Å². The van der Waals surface area contributed by atoms with E-state index < -0.39 is 0 Å². The van der Waals surface area contributed by atoms with E-state index in [1.165, 1.54) is 19.3 Å². The molecule has 2 heterocycles. The zero-order chi connectivity index (χ0) is 26.8. The fourth-order valence-corrected chi connectivity index (χ4v) is 10.6.